The molecular weight excluding hydrogens is 562 g/mol. The Morgan fingerprint density at radius 3 is 1.73 bits per heavy atom. The van der Waals surface area contributed by atoms with Gasteiger partial charge in [0.1, 0.15) is 17.3 Å². The summed E-state index contributed by atoms with van der Waals surface area (Å²) >= 11 is 7.06. The van der Waals surface area contributed by atoms with Gasteiger partial charge in [0.2, 0.25) is 0 Å². The van der Waals surface area contributed by atoms with Gasteiger partial charge in [0.05, 0.1) is 5.02 Å². The molecule has 8 rings (SSSR count). The number of hydrogen-bond acceptors (Lipinski definition) is 4. The molecule has 1 N–H and O–H groups in total. The number of nitrogens with one attached hydrogen (secondary N) is 1. The highest BCUT2D eigenvalue weighted by molar-refractivity contribution is 6.39. The van der Waals surface area contributed by atoms with Gasteiger partial charge in [-0.15, -0.1) is 0 Å². The molecule has 44 heavy (non-hydrogen) atoms. The third-order valence-electron chi connectivity index (χ3n) is 8.06. The Morgan fingerprint density at radius 1 is 0.500 bits per heavy atom. The van der Waals surface area contributed by atoms with Crippen molar-refractivity contribution < 1.29 is 4.42 Å². The standard InChI is InChI=1S/C39H26ClN3O/c40-35-33(24-23-32-31-13-7-8-14-34(31)44-36(32)35)39-42-37(29-19-15-27(16-20-29)25-9-3-1-4-10-25)41-38(43-39)30-21-17-28(18-22-30)26-11-5-2-6-12-26/h1-24,37H,(H,41,42,43). The van der Waals surface area contributed by atoms with Gasteiger partial charge >= 0.3 is 0 Å². The third-order valence-corrected chi connectivity index (χ3v) is 8.44. The Morgan fingerprint density at radius 2 is 1.05 bits per heavy atom. The van der Waals surface area contributed by atoms with E-state index in [1.54, 1.807) is 0 Å². The highest BCUT2D eigenvalue weighted by Gasteiger charge is 2.24. The maximum Gasteiger partial charge on any atom is 0.169 e. The Balaban J connectivity index is 1.21. The molecular formula is C39H26ClN3O. The van der Waals surface area contributed by atoms with Crippen molar-refractivity contribution in [3.8, 4) is 22.3 Å². The van der Waals surface area contributed by atoms with Crippen LogP contribution < -0.4 is 5.32 Å². The summed E-state index contributed by atoms with van der Waals surface area (Å²) in [4.78, 5) is 10.2. The number of aliphatic imine (C=N–C) groups is 2. The van der Waals surface area contributed by atoms with Crippen LogP contribution >= 0.6 is 11.6 Å². The molecule has 0 fully saturated rings. The van der Waals surface area contributed by atoms with Crippen LogP contribution in [0.2, 0.25) is 5.02 Å². The summed E-state index contributed by atoms with van der Waals surface area (Å²) < 4.78 is 6.20. The largest absolute Gasteiger partial charge is 0.454 e. The third kappa shape index (κ3) is 4.76. The molecule has 4 nitrogen and oxygen atoms in total. The first-order valence-electron chi connectivity index (χ1n) is 14.6. The molecule has 0 amide bonds. The number of hydrogen-bond donors (Lipinski definition) is 1. The highest BCUT2D eigenvalue weighted by Crippen LogP contribution is 2.36. The lowest BCUT2D eigenvalue weighted by Gasteiger charge is -2.23. The molecule has 1 atom stereocenters. The highest BCUT2D eigenvalue weighted by atomic mass is 35.5. The normalized spacial score (nSPS) is 14.7. The average Bonchev–Trinajstić information content (AvgIpc) is 3.49. The van der Waals surface area contributed by atoms with E-state index >= 15 is 0 Å². The maximum absolute atomic E-state index is 7.06. The zero-order valence-corrected chi connectivity index (χ0v) is 24.4. The van der Waals surface area contributed by atoms with Gasteiger partial charge in [0.15, 0.2) is 11.7 Å². The van der Waals surface area contributed by atoms with Gasteiger partial charge < -0.3 is 9.73 Å². The van der Waals surface area contributed by atoms with Crippen LogP contribution in [-0.2, 0) is 0 Å². The van der Waals surface area contributed by atoms with E-state index in [9.17, 15) is 0 Å². The molecule has 0 spiro atoms. The molecule has 1 aliphatic rings. The minimum Gasteiger partial charge on any atom is -0.454 e. The fraction of sp³-hybridized carbons (Fsp3) is 0.0256. The molecule has 2 heterocycles. The van der Waals surface area contributed by atoms with Gasteiger partial charge in [-0.2, -0.15) is 0 Å². The van der Waals surface area contributed by atoms with E-state index in [1.807, 2.05) is 42.5 Å². The van der Waals surface area contributed by atoms with E-state index in [1.165, 1.54) is 11.1 Å². The Bertz CT molecular complexity index is 2180. The summed E-state index contributed by atoms with van der Waals surface area (Å²) in [6.45, 7) is 0. The molecule has 1 unspecified atom stereocenters. The molecule has 5 heteroatoms. The quantitative estimate of drug-likeness (QED) is 0.218. The molecule has 0 bridgehead atoms. The Hall–Kier alpha value is -5.45. The van der Waals surface area contributed by atoms with E-state index in [4.69, 9.17) is 26.0 Å². The summed E-state index contributed by atoms with van der Waals surface area (Å²) in [6, 6.07) is 49.6. The first-order chi connectivity index (χ1) is 21.7. The summed E-state index contributed by atoms with van der Waals surface area (Å²) in [7, 11) is 0. The topological polar surface area (TPSA) is 49.9 Å². The van der Waals surface area contributed by atoms with Crippen molar-refractivity contribution in [1.82, 2.24) is 5.32 Å². The predicted molar refractivity (Wildman–Crippen MR) is 181 cm³/mol. The van der Waals surface area contributed by atoms with Gasteiger partial charge in [-0.25, -0.2) is 9.98 Å². The molecule has 0 saturated heterocycles. The first kappa shape index (κ1) is 26.2. The van der Waals surface area contributed by atoms with Gasteiger partial charge in [-0.3, -0.25) is 0 Å². The van der Waals surface area contributed by atoms with Crippen LogP contribution in [0.4, 0.5) is 0 Å². The minimum atomic E-state index is -0.456. The zero-order chi connectivity index (χ0) is 29.5. The van der Waals surface area contributed by atoms with Crippen molar-refractivity contribution in [3.63, 3.8) is 0 Å². The number of halogens is 1. The molecule has 7 aromatic rings. The van der Waals surface area contributed by atoms with Gasteiger partial charge in [-0.05, 0) is 46.0 Å². The van der Waals surface area contributed by atoms with Crippen LogP contribution in [0.25, 0.3) is 44.2 Å². The fourth-order valence-corrected chi connectivity index (χ4v) is 6.04. The Labute approximate surface area is 260 Å². The van der Waals surface area contributed by atoms with Crippen LogP contribution in [0.1, 0.15) is 22.9 Å². The lowest BCUT2D eigenvalue weighted by molar-refractivity contribution is 0.669. The molecule has 0 saturated carbocycles. The smallest absolute Gasteiger partial charge is 0.169 e. The van der Waals surface area contributed by atoms with Crippen LogP contribution in [-0.4, -0.2) is 11.7 Å². The SMILES string of the molecule is Clc1c(C2=NC(c3ccc(-c4ccccc4)cc3)N=C(c3ccc(-c4ccccc4)cc3)N2)ccc2c1oc1ccccc12. The number of furan rings is 1. The number of benzene rings is 6. The van der Waals surface area contributed by atoms with Crippen LogP contribution in [0, 0.1) is 0 Å². The fourth-order valence-electron chi connectivity index (χ4n) is 5.75. The van der Waals surface area contributed by atoms with E-state index < -0.39 is 6.17 Å². The molecule has 0 radical (unpaired) electrons. The minimum absolute atomic E-state index is 0.456. The number of fused-ring (bicyclic) bond motifs is 3. The molecule has 1 aromatic heterocycles. The second-order valence-electron chi connectivity index (χ2n) is 10.8. The Kier molecular flexibility index (Phi) is 6.55. The number of rotatable bonds is 5. The zero-order valence-electron chi connectivity index (χ0n) is 23.6. The van der Waals surface area contributed by atoms with Crippen LogP contribution in [0.15, 0.2) is 160 Å². The van der Waals surface area contributed by atoms with Crippen molar-refractivity contribution in [2.45, 2.75) is 6.17 Å². The number of amidine groups is 2. The summed E-state index contributed by atoms with van der Waals surface area (Å²) in [5.74, 6) is 1.37. The second-order valence-corrected chi connectivity index (χ2v) is 11.2. The molecule has 6 aromatic carbocycles. The second kappa shape index (κ2) is 11.0. The van der Waals surface area contributed by atoms with E-state index in [-0.39, 0.29) is 0 Å². The van der Waals surface area contributed by atoms with E-state index in [2.05, 4.69) is 108 Å². The monoisotopic (exact) mass is 587 g/mol. The van der Waals surface area contributed by atoms with Crippen LogP contribution in [0.3, 0.4) is 0 Å². The maximum atomic E-state index is 7.06. The first-order valence-corrected chi connectivity index (χ1v) is 14.9. The van der Waals surface area contributed by atoms with Crippen molar-refractivity contribution in [1.29, 1.82) is 0 Å². The van der Waals surface area contributed by atoms with Crippen molar-refractivity contribution in [3.05, 3.63) is 167 Å². The molecule has 210 valence electrons. The van der Waals surface area contributed by atoms with Gasteiger partial charge in [0, 0.05) is 21.9 Å². The van der Waals surface area contributed by atoms with Gasteiger partial charge in [-0.1, -0.05) is 139 Å². The van der Waals surface area contributed by atoms with E-state index in [0.717, 1.165) is 50.0 Å². The number of para-hydroxylation sites is 1. The lowest BCUT2D eigenvalue weighted by atomic mass is 10.0. The summed E-state index contributed by atoms with van der Waals surface area (Å²) in [5, 5.41) is 6.02. The molecule has 1 aliphatic heterocycles. The van der Waals surface area contributed by atoms with E-state index in [0.29, 0.717) is 16.4 Å². The van der Waals surface area contributed by atoms with Crippen molar-refractivity contribution >= 4 is 45.2 Å². The van der Waals surface area contributed by atoms with Crippen molar-refractivity contribution in [2.75, 3.05) is 0 Å². The average molecular weight is 588 g/mol. The number of nitrogens with zero attached hydrogens (tertiary/aromatic N) is 2. The summed E-state index contributed by atoms with van der Waals surface area (Å²) in [6.07, 6.45) is -0.456. The van der Waals surface area contributed by atoms with Crippen molar-refractivity contribution in [2.24, 2.45) is 9.98 Å². The predicted octanol–water partition coefficient (Wildman–Crippen LogP) is 10.1. The molecule has 0 aliphatic carbocycles. The van der Waals surface area contributed by atoms with Gasteiger partial charge in [0.25, 0.3) is 0 Å². The lowest BCUT2D eigenvalue weighted by Crippen LogP contribution is -2.36. The summed E-state index contributed by atoms with van der Waals surface area (Å²) in [5.41, 5.74) is 8.79. The van der Waals surface area contributed by atoms with Crippen LogP contribution in [0.5, 0.6) is 0 Å².